The number of aliphatic hydroxyl groups excluding tert-OH is 1. The first kappa shape index (κ1) is 18.9. The van der Waals surface area contributed by atoms with Crippen molar-refractivity contribution < 1.29 is 23.1 Å². The Balaban J connectivity index is 2.02. The van der Waals surface area contributed by atoms with Crippen molar-refractivity contribution in [2.45, 2.75) is 17.5 Å². The van der Waals surface area contributed by atoms with Crippen molar-refractivity contribution in [2.24, 2.45) is 0 Å². The van der Waals surface area contributed by atoms with Crippen molar-refractivity contribution in [2.75, 3.05) is 13.7 Å². The lowest BCUT2D eigenvalue weighted by molar-refractivity contribution is -0.123. The summed E-state index contributed by atoms with van der Waals surface area (Å²) in [5.41, 5.74) is 0.866. The minimum absolute atomic E-state index is 0.0254. The number of rotatable bonds is 8. The zero-order valence-electron chi connectivity index (χ0n) is 13.7. The summed E-state index contributed by atoms with van der Waals surface area (Å²) in [6.45, 7) is -0.420. The third-order valence-corrected chi connectivity index (χ3v) is 4.96. The van der Waals surface area contributed by atoms with E-state index in [0.717, 1.165) is 5.56 Å². The van der Waals surface area contributed by atoms with Crippen molar-refractivity contribution in [1.29, 1.82) is 0 Å². The highest BCUT2D eigenvalue weighted by Gasteiger charge is 2.25. The van der Waals surface area contributed by atoms with Crippen molar-refractivity contribution >= 4 is 15.9 Å². The van der Waals surface area contributed by atoms with E-state index >= 15 is 0 Å². The molecule has 134 valence electrons. The van der Waals surface area contributed by atoms with Gasteiger partial charge in [0.1, 0.15) is 11.8 Å². The van der Waals surface area contributed by atoms with Gasteiger partial charge in [-0.15, -0.1) is 0 Å². The van der Waals surface area contributed by atoms with Crippen molar-refractivity contribution in [3.63, 3.8) is 0 Å². The van der Waals surface area contributed by atoms with E-state index in [4.69, 9.17) is 4.74 Å². The van der Waals surface area contributed by atoms with E-state index < -0.39 is 28.6 Å². The maximum absolute atomic E-state index is 12.3. The van der Waals surface area contributed by atoms with Crippen LogP contribution in [0.4, 0.5) is 0 Å². The van der Waals surface area contributed by atoms with Crippen LogP contribution in [0.25, 0.3) is 0 Å². The SMILES string of the molecule is COc1ccc(S(=O)(=O)N[C@@H](CO)C(=O)NCc2ccccc2)cc1. The summed E-state index contributed by atoms with van der Waals surface area (Å²) < 4.78 is 31.9. The van der Waals surface area contributed by atoms with Crippen LogP contribution in [0.2, 0.25) is 0 Å². The van der Waals surface area contributed by atoms with Crippen LogP contribution in [-0.4, -0.2) is 39.2 Å². The highest BCUT2D eigenvalue weighted by atomic mass is 32.2. The summed E-state index contributed by atoms with van der Waals surface area (Å²) in [7, 11) is -2.48. The minimum Gasteiger partial charge on any atom is -0.497 e. The van der Waals surface area contributed by atoms with E-state index in [1.165, 1.54) is 31.4 Å². The molecule has 1 atom stereocenters. The molecule has 0 bridgehead atoms. The molecule has 0 spiro atoms. The van der Waals surface area contributed by atoms with E-state index in [0.29, 0.717) is 5.75 Å². The van der Waals surface area contributed by atoms with Gasteiger partial charge in [0.05, 0.1) is 18.6 Å². The Bertz CT molecular complexity index is 792. The molecule has 2 aromatic carbocycles. The van der Waals surface area contributed by atoms with Crippen molar-refractivity contribution in [3.8, 4) is 5.75 Å². The molecular weight excluding hydrogens is 344 g/mol. The smallest absolute Gasteiger partial charge is 0.241 e. The number of carbonyl (C=O) groups is 1. The summed E-state index contributed by atoms with van der Waals surface area (Å²) in [6, 6.07) is 13.6. The summed E-state index contributed by atoms with van der Waals surface area (Å²) in [5, 5.41) is 12.0. The Morgan fingerprint density at radius 2 is 1.76 bits per heavy atom. The predicted molar refractivity (Wildman–Crippen MR) is 92.5 cm³/mol. The molecule has 8 heteroatoms. The summed E-state index contributed by atoms with van der Waals surface area (Å²) >= 11 is 0. The third kappa shape index (κ3) is 5.28. The number of nitrogens with one attached hydrogen (secondary N) is 2. The first-order valence-corrected chi connectivity index (χ1v) is 9.03. The molecule has 0 aromatic heterocycles. The van der Waals surface area contributed by atoms with Gasteiger partial charge >= 0.3 is 0 Å². The highest BCUT2D eigenvalue weighted by Crippen LogP contribution is 2.15. The lowest BCUT2D eigenvalue weighted by atomic mass is 10.2. The second-order valence-corrected chi connectivity index (χ2v) is 6.95. The fourth-order valence-electron chi connectivity index (χ4n) is 2.09. The molecule has 2 aromatic rings. The van der Waals surface area contributed by atoms with Gasteiger partial charge < -0.3 is 15.2 Å². The normalized spacial score (nSPS) is 12.4. The van der Waals surface area contributed by atoms with Gasteiger partial charge in [0, 0.05) is 6.54 Å². The number of ether oxygens (including phenoxy) is 1. The van der Waals surface area contributed by atoms with E-state index in [-0.39, 0.29) is 11.4 Å². The monoisotopic (exact) mass is 364 g/mol. The number of hydrogen-bond acceptors (Lipinski definition) is 5. The quantitative estimate of drug-likeness (QED) is 0.638. The van der Waals surface area contributed by atoms with Gasteiger partial charge in [0.25, 0.3) is 0 Å². The van der Waals surface area contributed by atoms with Gasteiger partial charge in [-0.1, -0.05) is 30.3 Å². The second-order valence-electron chi connectivity index (χ2n) is 5.24. The topological polar surface area (TPSA) is 105 Å². The maximum Gasteiger partial charge on any atom is 0.241 e. The van der Waals surface area contributed by atoms with Crippen LogP contribution >= 0.6 is 0 Å². The molecule has 0 radical (unpaired) electrons. The van der Waals surface area contributed by atoms with E-state index in [1.54, 1.807) is 0 Å². The van der Waals surface area contributed by atoms with Gasteiger partial charge in [-0.25, -0.2) is 8.42 Å². The molecule has 0 fully saturated rings. The Morgan fingerprint density at radius 3 is 2.32 bits per heavy atom. The minimum atomic E-state index is -3.95. The molecule has 0 heterocycles. The fourth-order valence-corrected chi connectivity index (χ4v) is 3.28. The number of carbonyl (C=O) groups excluding carboxylic acids is 1. The molecule has 0 aliphatic heterocycles. The molecule has 3 N–H and O–H groups in total. The number of methoxy groups -OCH3 is 1. The highest BCUT2D eigenvalue weighted by molar-refractivity contribution is 7.89. The van der Waals surface area contributed by atoms with Crippen molar-refractivity contribution in [3.05, 3.63) is 60.2 Å². The van der Waals surface area contributed by atoms with E-state index in [9.17, 15) is 18.3 Å². The standard InChI is InChI=1S/C17H20N2O5S/c1-24-14-7-9-15(10-8-14)25(22,23)19-16(12-20)17(21)18-11-13-5-3-2-4-6-13/h2-10,16,19-20H,11-12H2,1H3,(H,18,21)/t16-/m0/s1. The van der Waals surface area contributed by atoms with E-state index in [1.807, 2.05) is 30.3 Å². The lowest BCUT2D eigenvalue weighted by Crippen LogP contribution is -2.48. The molecule has 0 aliphatic carbocycles. The molecule has 25 heavy (non-hydrogen) atoms. The van der Waals surface area contributed by atoms with Crippen LogP contribution in [0.5, 0.6) is 5.75 Å². The van der Waals surface area contributed by atoms with Crippen LogP contribution in [0.3, 0.4) is 0 Å². The number of sulfonamides is 1. The van der Waals surface area contributed by atoms with Gasteiger partial charge in [-0.2, -0.15) is 4.72 Å². The average Bonchev–Trinajstić information content (AvgIpc) is 2.65. The lowest BCUT2D eigenvalue weighted by Gasteiger charge is -2.16. The number of amides is 1. The number of benzene rings is 2. The second kappa shape index (κ2) is 8.61. The van der Waals surface area contributed by atoms with Gasteiger partial charge in [0.2, 0.25) is 15.9 Å². The van der Waals surface area contributed by atoms with Crippen LogP contribution in [0, 0.1) is 0 Å². The Kier molecular flexibility index (Phi) is 6.51. The van der Waals surface area contributed by atoms with Crippen molar-refractivity contribution in [1.82, 2.24) is 10.0 Å². The Hall–Kier alpha value is -2.42. The first-order chi connectivity index (χ1) is 12.0. The van der Waals surface area contributed by atoms with E-state index in [2.05, 4.69) is 10.0 Å². The summed E-state index contributed by atoms with van der Waals surface area (Å²) in [6.07, 6.45) is 0. The Labute approximate surface area is 146 Å². The largest absolute Gasteiger partial charge is 0.497 e. The van der Waals surface area contributed by atoms with Crippen LogP contribution in [0.15, 0.2) is 59.5 Å². The van der Waals surface area contributed by atoms with Gasteiger partial charge in [-0.05, 0) is 29.8 Å². The summed E-state index contributed by atoms with van der Waals surface area (Å²) in [4.78, 5) is 12.1. The van der Waals surface area contributed by atoms with Gasteiger partial charge in [0.15, 0.2) is 0 Å². The van der Waals surface area contributed by atoms with Crippen LogP contribution in [0.1, 0.15) is 5.56 Å². The van der Waals surface area contributed by atoms with Crippen LogP contribution in [-0.2, 0) is 21.4 Å². The molecule has 2 rings (SSSR count). The maximum atomic E-state index is 12.3. The first-order valence-electron chi connectivity index (χ1n) is 7.55. The molecule has 0 saturated carbocycles. The zero-order chi connectivity index (χ0) is 18.3. The average molecular weight is 364 g/mol. The predicted octanol–water partition coefficient (Wildman–Crippen LogP) is 0.651. The zero-order valence-corrected chi connectivity index (χ0v) is 14.5. The third-order valence-electron chi connectivity index (χ3n) is 3.48. The number of aliphatic hydroxyl groups is 1. The summed E-state index contributed by atoms with van der Waals surface area (Å²) in [5.74, 6) is -0.0956. The van der Waals surface area contributed by atoms with Crippen LogP contribution < -0.4 is 14.8 Å². The molecule has 7 nitrogen and oxygen atoms in total. The fraction of sp³-hybridized carbons (Fsp3) is 0.235. The molecular formula is C17H20N2O5S. The molecule has 1 amide bonds. The molecule has 0 aliphatic rings. The molecule has 0 saturated heterocycles. The molecule has 0 unspecified atom stereocenters. The number of hydrogen-bond donors (Lipinski definition) is 3. The Morgan fingerprint density at radius 1 is 1.12 bits per heavy atom. The van der Waals surface area contributed by atoms with Gasteiger partial charge in [-0.3, -0.25) is 4.79 Å².